The fourth-order valence-electron chi connectivity index (χ4n) is 3.40. The summed E-state index contributed by atoms with van der Waals surface area (Å²) in [6.07, 6.45) is 3.99. The van der Waals surface area contributed by atoms with Crippen LogP contribution in [-0.4, -0.2) is 20.5 Å². The molecule has 4 nitrogen and oxygen atoms in total. The average molecular weight is 359 g/mol. The van der Waals surface area contributed by atoms with E-state index in [4.69, 9.17) is 0 Å². The molecule has 0 unspecified atom stereocenters. The van der Waals surface area contributed by atoms with Crippen LogP contribution in [0.25, 0.3) is 0 Å². The number of hydrogen-bond acceptors (Lipinski definition) is 3. The van der Waals surface area contributed by atoms with Crippen molar-refractivity contribution < 1.29 is 8.42 Å². The van der Waals surface area contributed by atoms with Crippen LogP contribution in [0.15, 0.2) is 53.4 Å². The summed E-state index contributed by atoms with van der Waals surface area (Å²) in [5.41, 5.74) is 3.47. The normalized spacial score (nSPS) is 21.0. The summed E-state index contributed by atoms with van der Waals surface area (Å²) in [5, 5.41) is 3.59. The average Bonchev–Trinajstić information content (AvgIpc) is 2.60. The third kappa shape index (κ3) is 4.41. The Bertz CT molecular complexity index is 819. The van der Waals surface area contributed by atoms with Gasteiger partial charge in [0.2, 0.25) is 10.0 Å². The molecule has 1 fully saturated rings. The fourth-order valence-corrected chi connectivity index (χ4v) is 4.73. The number of nitrogens with one attached hydrogen (secondary N) is 2. The van der Waals surface area contributed by atoms with E-state index in [1.165, 1.54) is 11.1 Å². The third-order valence-electron chi connectivity index (χ3n) is 4.86. The van der Waals surface area contributed by atoms with Crippen LogP contribution in [0, 0.1) is 13.8 Å². The van der Waals surface area contributed by atoms with Crippen molar-refractivity contribution in [3.63, 3.8) is 0 Å². The number of rotatable bonds is 5. The molecule has 5 heteroatoms. The summed E-state index contributed by atoms with van der Waals surface area (Å²) in [6.45, 7) is 4.15. The number of hydrogen-bond donors (Lipinski definition) is 2. The Morgan fingerprint density at radius 1 is 0.920 bits per heavy atom. The first kappa shape index (κ1) is 18.0. The highest BCUT2D eigenvalue weighted by molar-refractivity contribution is 7.89. The van der Waals surface area contributed by atoms with Gasteiger partial charge in [0.05, 0.1) is 4.90 Å². The summed E-state index contributed by atoms with van der Waals surface area (Å²) in [6, 6.07) is 14.9. The topological polar surface area (TPSA) is 58.2 Å². The zero-order valence-corrected chi connectivity index (χ0v) is 15.6. The van der Waals surface area contributed by atoms with Crippen molar-refractivity contribution in [1.29, 1.82) is 0 Å². The molecule has 1 aliphatic carbocycles. The number of sulfonamides is 1. The summed E-state index contributed by atoms with van der Waals surface area (Å²) in [4.78, 5) is 0.325. The van der Waals surface area contributed by atoms with Gasteiger partial charge in [-0.1, -0.05) is 43.2 Å². The van der Waals surface area contributed by atoms with Gasteiger partial charge in [0.25, 0.3) is 0 Å². The van der Waals surface area contributed by atoms with Crippen molar-refractivity contribution in [3.05, 3.63) is 59.7 Å². The van der Waals surface area contributed by atoms with Crippen LogP contribution < -0.4 is 10.0 Å². The maximum atomic E-state index is 12.7. The van der Waals surface area contributed by atoms with Crippen molar-refractivity contribution in [2.75, 3.05) is 5.32 Å². The molecule has 134 valence electrons. The van der Waals surface area contributed by atoms with Crippen molar-refractivity contribution in [2.45, 2.75) is 56.5 Å². The van der Waals surface area contributed by atoms with Gasteiger partial charge >= 0.3 is 0 Å². The zero-order valence-electron chi connectivity index (χ0n) is 14.8. The molecule has 2 aromatic rings. The molecule has 0 saturated heterocycles. The Morgan fingerprint density at radius 2 is 1.60 bits per heavy atom. The highest BCUT2D eigenvalue weighted by Gasteiger charge is 2.29. The van der Waals surface area contributed by atoms with Crippen molar-refractivity contribution >= 4 is 15.7 Å². The summed E-state index contributed by atoms with van der Waals surface area (Å²) >= 11 is 0. The lowest BCUT2D eigenvalue weighted by Crippen LogP contribution is -2.48. The first-order chi connectivity index (χ1) is 12.0. The van der Waals surface area contributed by atoms with Gasteiger partial charge in [0.1, 0.15) is 0 Å². The van der Waals surface area contributed by atoms with Gasteiger partial charge < -0.3 is 5.32 Å². The van der Waals surface area contributed by atoms with Gasteiger partial charge in [-0.05, 0) is 56.0 Å². The molecule has 1 saturated carbocycles. The van der Waals surface area contributed by atoms with E-state index in [9.17, 15) is 8.42 Å². The van der Waals surface area contributed by atoms with E-state index >= 15 is 0 Å². The monoisotopic (exact) mass is 358 g/mol. The maximum absolute atomic E-state index is 12.7. The minimum Gasteiger partial charge on any atom is -0.380 e. The first-order valence-corrected chi connectivity index (χ1v) is 10.4. The molecule has 25 heavy (non-hydrogen) atoms. The Hall–Kier alpha value is -1.85. The number of anilines is 1. The van der Waals surface area contributed by atoms with Gasteiger partial charge in [0, 0.05) is 17.8 Å². The van der Waals surface area contributed by atoms with Crippen molar-refractivity contribution in [1.82, 2.24) is 4.72 Å². The largest absolute Gasteiger partial charge is 0.380 e. The minimum absolute atomic E-state index is 0.0983. The minimum atomic E-state index is -3.49. The van der Waals surface area contributed by atoms with Crippen LogP contribution in [0.4, 0.5) is 5.69 Å². The molecule has 0 radical (unpaired) electrons. The van der Waals surface area contributed by atoms with Gasteiger partial charge in [-0.25, -0.2) is 13.1 Å². The number of aryl methyl sites for hydroxylation is 2. The molecular formula is C20H26N2O2S. The molecule has 1 aliphatic rings. The summed E-state index contributed by atoms with van der Waals surface area (Å²) in [5.74, 6) is 0. The van der Waals surface area contributed by atoms with Crippen LogP contribution in [0.1, 0.15) is 36.8 Å². The van der Waals surface area contributed by atoms with Crippen LogP contribution in [0.5, 0.6) is 0 Å². The Morgan fingerprint density at radius 3 is 2.32 bits per heavy atom. The Balaban J connectivity index is 1.78. The van der Waals surface area contributed by atoms with E-state index in [-0.39, 0.29) is 12.1 Å². The second-order valence-electron chi connectivity index (χ2n) is 6.89. The smallest absolute Gasteiger partial charge is 0.240 e. The molecule has 0 amide bonds. The molecular weight excluding hydrogens is 332 g/mol. The van der Waals surface area contributed by atoms with Gasteiger partial charge in [-0.2, -0.15) is 0 Å². The molecule has 2 N–H and O–H groups in total. The van der Waals surface area contributed by atoms with E-state index in [2.05, 4.69) is 42.1 Å². The molecule has 0 aliphatic heterocycles. The second-order valence-corrected chi connectivity index (χ2v) is 8.61. The molecule has 2 atom stereocenters. The van der Waals surface area contributed by atoms with E-state index in [1.54, 1.807) is 24.3 Å². The molecule has 3 rings (SSSR count). The fraction of sp³-hybridized carbons (Fsp3) is 0.400. The maximum Gasteiger partial charge on any atom is 0.240 e. The van der Waals surface area contributed by atoms with Gasteiger partial charge in [-0.3, -0.25) is 0 Å². The van der Waals surface area contributed by atoms with Crippen LogP contribution in [0.2, 0.25) is 0 Å². The van der Waals surface area contributed by atoms with E-state index in [0.29, 0.717) is 4.90 Å². The Kier molecular flexibility index (Phi) is 5.45. The molecule has 0 aromatic heterocycles. The summed E-state index contributed by atoms with van der Waals surface area (Å²) in [7, 11) is -3.49. The predicted molar refractivity (Wildman–Crippen MR) is 102 cm³/mol. The van der Waals surface area contributed by atoms with E-state index < -0.39 is 10.0 Å². The molecule has 2 aromatic carbocycles. The van der Waals surface area contributed by atoms with Crippen molar-refractivity contribution in [3.8, 4) is 0 Å². The third-order valence-corrected chi connectivity index (χ3v) is 6.37. The Labute approximate surface area is 150 Å². The lowest BCUT2D eigenvalue weighted by Gasteiger charge is -2.33. The SMILES string of the molecule is Cc1ccc(C)c(N[C@H]2CCCC[C@H]2NS(=O)(=O)c2ccccc2)c1. The molecule has 0 heterocycles. The highest BCUT2D eigenvalue weighted by atomic mass is 32.2. The van der Waals surface area contributed by atoms with Crippen molar-refractivity contribution in [2.24, 2.45) is 0 Å². The van der Waals surface area contributed by atoms with Gasteiger partial charge in [-0.15, -0.1) is 0 Å². The lowest BCUT2D eigenvalue weighted by atomic mass is 9.90. The standard InChI is InChI=1S/C20H26N2O2S/c1-15-12-13-16(2)20(14-15)21-18-10-6-7-11-19(18)22-25(23,24)17-8-4-3-5-9-17/h3-5,8-9,12-14,18-19,21-22H,6-7,10-11H2,1-2H3/t18-,19+/m0/s1. The number of benzene rings is 2. The van der Waals surface area contributed by atoms with Gasteiger partial charge in [0.15, 0.2) is 0 Å². The van der Waals surface area contributed by atoms with Crippen LogP contribution >= 0.6 is 0 Å². The van der Waals surface area contributed by atoms with E-state index in [1.807, 2.05) is 6.07 Å². The summed E-state index contributed by atoms with van der Waals surface area (Å²) < 4.78 is 28.3. The highest BCUT2D eigenvalue weighted by Crippen LogP contribution is 2.26. The van der Waals surface area contributed by atoms with Crippen LogP contribution in [-0.2, 0) is 10.0 Å². The second kappa shape index (κ2) is 7.58. The predicted octanol–water partition coefficient (Wildman–Crippen LogP) is 4.01. The molecule has 0 bridgehead atoms. The lowest BCUT2D eigenvalue weighted by molar-refractivity contribution is 0.378. The van der Waals surface area contributed by atoms with Crippen LogP contribution in [0.3, 0.4) is 0 Å². The van der Waals surface area contributed by atoms with E-state index in [0.717, 1.165) is 31.4 Å². The zero-order chi connectivity index (χ0) is 17.9. The quantitative estimate of drug-likeness (QED) is 0.849. The first-order valence-electron chi connectivity index (χ1n) is 8.87. The molecule has 0 spiro atoms.